The molecule has 0 aromatic heterocycles. The van der Waals surface area contributed by atoms with Gasteiger partial charge in [-0.05, 0) is 24.1 Å². The summed E-state index contributed by atoms with van der Waals surface area (Å²) in [5.41, 5.74) is 2.01. The van der Waals surface area contributed by atoms with Crippen molar-refractivity contribution in [3.63, 3.8) is 0 Å². The second-order valence-electron chi connectivity index (χ2n) is 7.13. The summed E-state index contributed by atoms with van der Waals surface area (Å²) in [6.45, 7) is 7.83. The molecular formula is C20H29N3O4. The van der Waals surface area contributed by atoms with Crippen LogP contribution in [0.1, 0.15) is 11.1 Å². The molecule has 3 rings (SSSR count). The Morgan fingerprint density at radius 1 is 1.00 bits per heavy atom. The van der Waals surface area contributed by atoms with E-state index in [1.54, 1.807) is 7.11 Å². The molecule has 7 nitrogen and oxygen atoms in total. The van der Waals surface area contributed by atoms with E-state index >= 15 is 0 Å². The van der Waals surface area contributed by atoms with Gasteiger partial charge in [0.15, 0.2) is 0 Å². The fourth-order valence-corrected chi connectivity index (χ4v) is 3.52. The van der Waals surface area contributed by atoms with E-state index in [1.165, 1.54) is 0 Å². The Balaban J connectivity index is 1.46. The van der Waals surface area contributed by atoms with E-state index in [0.29, 0.717) is 52.4 Å². The number of amides is 2. The molecule has 2 fully saturated rings. The molecule has 0 radical (unpaired) electrons. The van der Waals surface area contributed by atoms with Crippen molar-refractivity contribution in [2.45, 2.75) is 13.3 Å². The Labute approximate surface area is 160 Å². The SMILES string of the molecule is COc1cc(CC(=O)N2CCN(C(=O)CN3CCOCC3)CC2)ccc1C. The highest BCUT2D eigenvalue weighted by atomic mass is 16.5. The van der Waals surface area contributed by atoms with E-state index in [2.05, 4.69) is 4.90 Å². The van der Waals surface area contributed by atoms with E-state index in [1.807, 2.05) is 34.9 Å². The van der Waals surface area contributed by atoms with E-state index in [9.17, 15) is 9.59 Å². The summed E-state index contributed by atoms with van der Waals surface area (Å²) in [4.78, 5) is 30.9. The molecule has 2 saturated heterocycles. The van der Waals surface area contributed by atoms with Crippen molar-refractivity contribution in [3.05, 3.63) is 29.3 Å². The summed E-state index contributed by atoms with van der Waals surface area (Å²) in [7, 11) is 1.64. The number of hydrogen-bond acceptors (Lipinski definition) is 5. The number of morpholine rings is 1. The van der Waals surface area contributed by atoms with E-state index in [0.717, 1.165) is 30.0 Å². The standard InChI is InChI=1S/C20H29N3O4/c1-16-3-4-17(13-18(16)26-2)14-19(24)22-5-7-23(8-6-22)20(25)15-21-9-11-27-12-10-21/h3-4,13H,5-12,14-15H2,1-2H3. The molecule has 0 N–H and O–H groups in total. The second-order valence-corrected chi connectivity index (χ2v) is 7.13. The zero-order chi connectivity index (χ0) is 19.2. The van der Waals surface area contributed by atoms with Crippen LogP contribution < -0.4 is 4.74 Å². The first-order valence-corrected chi connectivity index (χ1v) is 9.56. The van der Waals surface area contributed by atoms with Crippen molar-refractivity contribution in [1.82, 2.24) is 14.7 Å². The summed E-state index contributed by atoms with van der Waals surface area (Å²) >= 11 is 0. The number of benzene rings is 1. The van der Waals surface area contributed by atoms with Crippen molar-refractivity contribution < 1.29 is 19.1 Å². The highest BCUT2D eigenvalue weighted by Crippen LogP contribution is 2.20. The molecule has 148 valence electrons. The van der Waals surface area contributed by atoms with Gasteiger partial charge in [-0.25, -0.2) is 0 Å². The van der Waals surface area contributed by atoms with Gasteiger partial charge >= 0.3 is 0 Å². The van der Waals surface area contributed by atoms with Crippen LogP contribution in [0.25, 0.3) is 0 Å². The van der Waals surface area contributed by atoms with Crippen molar-refractivity contribution in [2.24, 2.45) is 0 Å². The molecule has 7 heteroatoms. The maximum absolute atomic E-state index is 12.6. The van der Waals surface area contributed by atoms with Crippen molar-refractivity contribution in [2.75, 3.05) is 66.1 Å². The number of nitrogens with zero attached hydrogens (tertiary/aromatic N) is 3. The zero-order valence-corrected chi connectivity index (χ0v) is 16.3. The predicted octanol–water partition coefficient (Wildman–Crippen LogP) is 0.549. The number of aryl methyl sites for hydroxylation is 1. The van der Waals surface area contributed by atoms with Crippen LogP contribution in [0.3, 0.4) is 0 Å². The normalized spacial score (nSPS) is 18.4. The minimum atomic E-state index is 0.0983. The zero-order valence-electron chi connectivity index (χ0n) is 16.3. The molecule has 1 aromatic carbocycles. The number of carbonyl (C=O) groups excluding carboxylic acids is 2. The molecule has 1 aromatic rings. The molecule has 27 heavy (non-hydrogen) atoms. The van der Waals surface area contributed by atoms with Gasteiger partial charge in [-0.15, -0.1) is 0 Å². The van der Waals surface area contributed by atoms with Gasteiger partial charge in [0.1, 0.15) is 5.75 Å². The first kappa shape index (κ1) is 19.6. The molecule has 2 heterocycles. The largest absolute Gasteiger partial charge is 0.496 e. The summed E-state index contributed by atoms with van der Waals surface area (Å²) in [5, 5.41) is 0. The van der Waals surface area contributed by atoms with Crippen molar-refractivity contribution in [3.8, 4) is 5.75 Å². The predicted molar refractivity (Wildman–Crippen MR) is 102 cm³/mol. The summed E-state index contributed by atoms with van der Waals surface area (Å²) in [6.07, 6.45) is 0.359. The fourth-order valence-electron chi connectivity index (χ4n) is 3.52. The number of carbonyl (C=O) groups is 2. The van der Waals surface area contributed by atoms with E-state index < -0.39 is 0 Å². The Morgan fingerprint density at radius 3 is 2.26 bits per heavy atom. The number of ether oxygens (including phenoxy) is 2. The molecule has 2 amide bonds. The Hall–Kier alpha value is -2.12. The smallest absolute Gasteiger partial charge is 0.236 e. The quantitative estimate of drug-likeness (QED) is 0.752. The first-order chi connectivity index (χ1) is 13.1. The van der Waals surface area contributed by atoms with Gasteiger partial charge in [0, 0.05) is 39.3 Å². The lowest BCUT2D eigenvalue weighted by atomic mass is 10.1. The lowest BCUT2D eigenvalue weighted by Crippen LogP contribution is -2.53. The molecule has 2 aliphatic heterocycles. The van der Waals surface area contributed by atoms with Gasteiger partial charge < -0.3 is 19.3 Å². The van der Waals surface area contributed by atoms with Crippen LogP contribution in [0.5, 0.6) is 5.75 Å². The Morgan fingerprint density at radius 2 is 1.63 bits per heavy atom. The number of methoxy groups -OCH3 is 1. The Bertz CT molecular complexity index is 665. The lowest BCUT2D eigenvalue weighted by Gasteiger charge is -2.36. The van der Waals surface area contributed by atoms with E-state index in [-0.39, 0.29) is 11.8 Å². The van der Waals surface area contributed by atoms with Gasteiger partial charge in [0.25, 0.3) is 0 Å². The summed E-state index contributed by atoms with van der Waals surface area (Å²) in [6, 6.07) is 5.87. The third-order valence-electron chi connectivity index (χ3n) is 5.28. The Kier molecular flexibility index (Phi) is 6.68. The highest BCUT2D eigenvalue weighted by molar-refractivity contribution is 5.81. The number of piperazine rings is 1. The van der Waals surface area contributed by atoms with Crippen LogP contribution in [-0.4, -0.2) is 92.7 Å². The second kappa shape index (κ2) is 9.19. The maximum Gasteiger partial charge on any atom is 0.236 e. The lowest BCUT2D eigenvalue weighted by molar-refractivity contribution is -0.140. The van der Waals surface area contributed by atoms with Crippen LogP contribution >= 0.6 is 0 Å². The van der Waals surface area contributed by atoms with Crippen LogP contribution in [0, 0.1) is 6.92 Å². The van der Waals surface area contributed by atoms with Gasteiger partial charge in [-0.2, -0.15) is 0 Å². The van der Waals surface area contributed by atoms with Crippen molar-refractivity contribution in [1.29, 1.82) is 0 Å². The van der Waals surface area contributed by atoms with Crippen LogP contribution in [0.2, 0.25) is 0 Å². The molecule has 0 unspecified atom stereocenters. The van der Waals surface area contributed by atoms with Gasteiger partial charge in [0.05, 0.1) is 33.3 Å². The number of rotatable bonds is 5. The van der Waals surface area contributed by atoms with Crippen LogP contribution in [0.4, 0.5) is 0 Å². The average molecular weight is 375 g/mol. The molecule has 0 spiro atoms. The first-order valence-electron chi connectivity index (χ1n) is 9.56. The minimum Gasteiger partial charge on any atom is -0.496 e. The van der Waals surface area contributed by atoms with Crippen LogP contribution in [0.15, 0.2) is 18.2 Å². The van der Waals surface area contributed by atoms with Gasteiger partial charge in [-0.1, -0.05) is 12.1 Å². The minimum absolute atomic E-state index is 0.0983. The van der Waals surface area contributed by atoms with Gasteiger partial charge in [0.2, 0.25) is 11.8 Å². The molecule has 2 aliphatic rings. The fraction of sp³-hybridized carbons (Fsp3) is 0.600. The molecule has 0 aliphatic carbocycles. The molecule has 0 bridgehead atoms. The molecule has 0 saturated carbocycles. The number of hydrogen-bond donors (Lipinski definition) is 0. The highest BCUT2D eigenvalue weighted by Gasteiger charge is 2.25. The average Bonchev–Trinajstić information content (AvgIpc) is 2.70. The summed E-state index contributed by atoms with van der Waals surface area (Å²) < 4.78 is 10.7. The van der Waals surface area contributed by atoms with Gasteiger partial charge in [-0.3, -0.25) is 14.5 Å². The van der Waals surface area contributed by atoms with Crippen molar-refractivity contribution >= 4 is 11.8 Å². The van der Waals surface area contributed by atoms with Crippen LogP contribution in [-0.2, 0) is 20.7 Å². The monoisotopic (exact) mass is 375 g/mol. The third-order valence-corrected chi connectivity index (χ3v) is 5.28. The third kappa shape index (κ3) is 5.20. The summed E-state index contributed by atoms with van der Waals surface area (Å²) in [5.74, 6) is 1.05. The molecule has 0 atom stereocenters. The molecular weight excluding hydrogens is 346 g/mol. The topological polar surface area (TPSA) is 62.3 Å². The maximum atomic E-state index is 12.6. The van der Waals surface area contributed by atoms with E-state index in [4.69, 9.17) is 9.47 Å².